The van der Waals surface area contributed by atoms with Crippen LogP contribution in [-0.4, -0.2) is 51.1 Å². The van der Waals surface area contributed by atoms with E-state index >= 15 is 0 Å². The van der Waals surface area contributed by atoms with Gasteiger partial charge in [0.2, 0.25) is 10.0 Å². The third-order valence-electron chi connectivity index (χ3n) is 2.69. The van der Waals surface area contributed by atoms with Crippen LogP contribution in [0.3, 0.4) is 0 Å². The highest BCUT2D eigenvalue weighted by Gasteiger charge is 2.24. The summed E-state index contributed by atoms with van der Waals surface area (Å²) < 4.78 is 30.6. The molecule has 0 saturated carbocycles. The summed E-state index contributed by atoms with van der Waals surface area (Å²) in [4.78, 5) is 10.7. The molecule has 8 heteroatoms. The van der Waals surface area contributed by atoms with Gasteiger partial charge in [0, 0.05) is 27.3 Å². The van der Waals surface area contributed by atoms with Crippen LogP contribution in [0.2, 0.25) is 5.02 Å². The SMILES string of the molecule is COCCCN(C)S(=O)(=O)c1cc(C(=O)O)ccc1Cl. The Hall–Kier alpha value is -1.15. The van der Waals surface area contributed by atoms with Gasteiger partial charge in [0.05, 0.1) is 10.6 Å². The van der Waals surface area contributed by atoms with E-state index in [-0.39, 0.29) is 22.0 Å². The molecule has 1 rings (SSSR count). The second kappa shape index (κ2) is 7.03. The first-order valence-electron chi connectivity index (χ1n) is 5.79. The lowest BCUT2D eigenvalue weighted by molar-refractivity contribution is 0.0696. The average molecular weight is 322 g/mol. The molecular formula is C12H16ClNO5S. The van der Waals surface area contributed by atoms with Gasteiger partial charge in [0.15, 0.2) is 0 Å². The highest BCUT2D eigenvalue weighted by Crippen LogP contribution is 2.25. The largest absolute Gasteiger partial charge is 0.478 e. The number of nitrogens with zero attached hydrogens (tertiary/aromatic N) is 1. The number of sulfonamides is 1. The summed E-state index contributed by atoms with van der Waals surface area (Å²) in [6, 6.07) is 3.59. The van der Waals surface area contributed by atoms with E-state index in [0.29, 0.717) is 13.0 Å². The lowest BCUT2D eigenvalue weighted by atomic mass is 10.2. The summed E-state index contributed by atoms with van der Waals surface area (Å²) in [5.74, 6) is -1.21. The van der Waals surface area contributed by atoms with Crippen LogP contribution in [-0.2, 0) is 14.8 Å². The monoisotopic (exact) mass is 321 g/mol. The highest BCUT2D eigenvalue weighted by molar-refractivity contribution is 7.89. The summed E-state index contributed by atoms with van der Waals surface area (Å²) in [6.07, 6.45) is 0.530. The maximum absolute atomic E-state index is 12.3. The van der Waals surface area contributed by atoms with Gasteiger partial charge in [-0.1, -0.05) is 11.6 Å². The predicted molar refractivity (Wildman–Crippen MR) is 74.7 cm³/mol. The van der Waals surface area contributed by atoms with Gasteiger partial charge in [0.1, 0.15) is 4.90 Å². The Bertz CT molecular complexity index is 588. The molecule has 0 aromatic heterocycles. The molecule has 0 spiro atoms. The zero-order valence-corrected chi connectivity index (χ0v) is 12.7. The summed E-state index contributed by atoms with van der Waals surface area (Å²) in [5, 5.41) is 8.90. The predicted octanol–water partition coefficient (Wildman–Crippen LogP) is 1.70. The van der Waals surface area contributed by atoms with Crippen molar-refractivity contribution in [1.29, 1.82) is 0 Å². The van der Waals surface area contributed by atoms with Crippen molar-refractivity contribution in [1.82, 2.24) is 4.31 Å². The van der Waals surface area contributed by atoms with Crippen molar-refractivity contribution < 1.29 is 23.1 Å². The van der Waals surface area contributed by atoms with E-state index in [1.807, 2.05) is 0 Å². The lowest BCUT2D eigenvalue weighted by Crippen LogP contribution is -2.29. The van der Waals surface area contributed by atoms with E-state index in [2.05, 4.69) is 0 Å². The van der Waals surface area contributed by atoms with Crippen LogP contribution in [0.5, 0.6) is 0 Å². The number of carboxylic acids is 1. The number of rotatable bonds is 7. The van der Waals surface area contributed by atoms with E-state index in [4.69, 9.17) is 21.4 Å². The van der Waals surface area contributed by atoms with Crippen molar-refractivity contribution >= 4 is 27.6 Å². The van der Waals surface area contributed by atoms with Crippen molar-refractivity contribution in [3.63, 3.8) is 0 Å². The Kier molecular flexibility index (Phi) is 5.94. The first-order chi connectivity index (χ1) is 9.30. The van der Waals surface area contributed by atoms with Crippen LogP contribution in [0.25, 0.3) is 0 Å². The minimum Gasteiger partial charge on any atom is -0.478 e. The molecule has 0 fully saturated rings. The third kappa shape index (κ3) is 3.92. The van der Waals surface area contributed by atoms with Crippen LogP contribution < -0.4 is 0 Å². The highest BCUT2D eigenvalue weighted by atomic mass is 35.5. The molecule has 1 aromatic rings. The number of methoxy groups -OCH3 is 1. The van der Waals surface area contributed by atoms with E-state index < -0.39 is 16.0 Å². The molecular weight excluding hydrogens is 306 g/mol. The number of hydrogen-bond donors (Lipinski definition) is 1. The quantitative estimate of drug-likeness (QED) is 0.773. The zero-order valence-electron chi connectivity index (χ0n) is 11.2. The van der Waals surface area contributed by atoms with Crippen LogP contribution in [0.4, 0.5) is 0 Å². The second-order valence-electron chi connectivity index (χ2n) is 4.12. The first-order valence-corrected chi connectivity index (χ1v) is 7.60. The molecule has 20 heavy (non-hydrogen) atoms. The standard InChI is InChI=1S/C12H16ClNO5S/c1-14(6-3-7-19-2)20(17,18)11-8-9(12(15)16)4-5-10(11)13/h4-5,8H,3,6-7H2,1-2H3,(H,15,16). The number of ether oxygens (including phenoxy) is 1. The van der Waals surface area contributed by atoms with Gasteiger partial charge in [-0.25, -0.2) is 17.5 Å². The minimum atomic E-state index is -3.82. The van der Waals surface area contributed by atoms with Gasteiger partial charge in [-0.2, -0.15) is 0 Å². The first kappa shape index (κ1) is 16.9. The maximum atomic E-state index is 12.3. The number of aromatic carboxylic acids is 1. The molecule has 112 valence electrons. The van der Waals surface area contributed by atoms with Gasteiger partial charge in [-0.05, 0) is 24.6 Å². The second-order valence-corrected chi connectivity index (χ2v) is 6.54. The van der Waals surface area contributed by atoms with E-state index in [1.54, 1.807) is 0 Å². The van der Waals surface area contributed by atoms with E-state index in [9.17, 15) is 13.2 Å². The lowest BCUT2D eigenvalue weighted by Gasteiger charge is -2.18. The Morgan fingerprint density at radius 1 is 1.45 bits per heavy atom. The molecule has 0 atom stereocenters. The van der Waals surface area contributed by atoms with Gasteiger partial charge in [0.25, 0.3) is 0 Å². The fourth-order valence-electron chi connectivity index (χ4n) is 1.55. The molecule has 0 radical (unpaired) electrons. The number of carbonyl (C=O) groups is 1. The van der Waals surface area contributed by atoms with Crippen LogP contribution in [0.15, 0.2) is 23.1 Å². The Morgan fingerprint density at radius 2 is 2.10 bits per heavy atom. The van der Waals surface area contributed by atoms with Crippen molar-refractivity contribution in [3.8, 4) is 0 Å². The topological polar surface area (TPSA) is 83.9 Å². The Labute approximate surface area is 123 Å². The normalized spacial score (nSPS) is 11.8. The van der Waals surface area contributed by atoms with E-state index in [1.165, 1.54) is 26.3 Å². The molecule has 0 heterocycles. The van der Waals surface area contributed by atoms with Crippen molar-refractivity contribution in [2.75, 3.05) is 27.3 Å². The fraction of sp³-hybridized carbons (Fsp3) is 0.417. The van der Waals surface area contributed by atoms with Crippen molar-refractivity contribution in [2.24, 2.45) is 0 Å². The van der Waals surface area contributed by atoms with Crippen molar-refractivity contribution in [2.45, 2.75) is 11.3 Å². The molecule has 0 bridgehead atoms. The molecule has 1 N–H and O–H groups in total. The number of halogens is 1. The van der Waals surface area contributed by atoms with Crippen LogP contribution in [0, 0.1) is 0 Å². The summed E-state index contributed by atoms with van der Waals surface area (Å²) in [7, 11) is -0.883. The molecule has 0 aliphatic carbocycles. The number of hydrogen-bond acceptors (Lipinski definition) is 4. The molecule has 0 amide bonds. The summed E-state index contributed by atoms with van der Waals surface area (Å²) in [6.45, 7) is 0.687. The Balaban J connectivity index is 3.08. The average Bonchev–Trinajstić information content (AvgIpc) is 2.38. The van der Waals surface area contributed by atoms with Crippen LogP contribution >= 0.6 is 11.6 Å². The van der Waals surface area contributed by atoms with Crippen LogP contribution in [0.1, 0.15) is 16.8 Å². The maximum Gasteiger partial charge on any atom is 0.335 e. The molecule has 0 unspecified atom stereocenters. The molecule has 0 aliphatic heterocycles. The summed E-state index contributed by atoms with van der Waals surface area (Å²) >= 11 is 5.87. The van der Waals surface area contributed by atoms with E-state index in [0.717, 1.165) is 10.4 Å². The van der Waals surface area contributed by atoms with Gasteiger partial charge < -0.3 is 9.84 Å². The summed E-state index contributed by atoms with van der Waals surface area (Å²) in [5.41, 5.74) is -0.127. The smallest absolute Gasteiger partial charge is 0.335 e. The Morgan fingerprint density at radius 3 is 2.65 bits per heavy atom. The molecule has 0 aliphatic rings. The number of carboxylic acid groups (broad SMARTS) is 1. The van der Waals surface area contributed by atoms with Gasteiger partial charge >= 0.3 is 5.97 Å². The molecule has 0 saturated heterocycles. The minimum absolute atomic E-state index is 0.00593. The number of benzene rings is 1. The molecule has 1 aromatic carbocycles. The van der Waals surface area contributed by atoms with Gasteiger partial charge in [-0.15, -0.1) is 0 Å². The third-order valence-corrected chi connectivity index (χ3v) is 5.03. The zero-order chi connectivity index (χ0) is 15.3. The fourth-order valence-corrected chi connectivity index (χ4v) is 3.26. The van der Waals surface area contributed by atoms with Gasteiger partial charge in [-0.3, -0.25) is 0 Å². The molecule has 6 nitrogen and oxygen atoms in total. The van der Waals surface area contributed by atoms with Crippen molar-refractivity contribution in [3.05, 3.63) is 28.8 Å².